The third-order valence-corrected chi connectivity index (χ3v) is 4.68. The zero-order chi connectivity index (χ0) is 13.2. The van der Waals surface area contributed by atoms with Gasteiger partial charge in [-0.1, -0.05) is 6.92 Å². The van der Waals surface area contributed by atoms with Gasteiger partial charge in [-0.05, 0) is 50.9 Å². The van der Waals surface area contributed by atoms with E-state index < -0.39 is 5.60 Å². The summed E-state index contributed by atoms with van der Waals surface area (Å²) in [5, 5.41) is 13.2. The van der Waals surface area contributed by atoms with Gasteiger partial charge in [-0.2, -0.15) is 0 Å². The summed E-state index contributed by atoms with van der Waals surface area (Å²) < 4.78 is 0. The van der Waals surface area contributed by atoms with Gasteiger partial charge in [-0.3, -0.25) is 4.79 Å². The molecule has 104 valence electrons. The number of rotatable bonds is 4. The molecule has 0 spiro atoms. The molecule has 0 bridgehead atoms. The molecule has 2 rings (SSSR count). The average molecular weight is 254 g/mol. The van der Waals surface area contributed by atoms with Gasteiger partial charge in [0.25, 0.3) is 0 Å². The Labute approximate surface area is 109 Å². The van der Waals surface area contributed by atoms with Gasteiger partial charge in [-0.25, -0.2) is 0 Å². The van der Waals surface area contributed by atoms with E-state index in [-0.39, 0.29) is 11.4 Å². The minimum absolute atomic E-state index is 0.00996. The van der Waals surface area contributed by atoms with Crippen molar-refractivity contribution < 1.29 is 9.90 Å². The molecular weight excluding hydrogens is 228 g/mol. The largest absolute Gasteiger partial charge is 0.388 e. The van der Waals surface area contributed by atoms with Crippen LogP contribution in [0.4, 0.5) is 0 Å². The first-order valence-electron chi connectivity index (χ1n) is 7.19. The second kappa shape index (κ2) is 5.17. The third-order valence-electron chi connectivity index (χ3n) is 4.68. The van der Waals surface area contributed by atoms with Crippen LogP contribution in [0.5, 0.6) is 0 Å². The van der Waals surface area contributed by atoms with Crippen molar-refractivity contribution in [2.24, 2.45) is 11.7 Å². The highest BCUT2D eigenvalue weighted by Crippen LogP contribution is 2.33. The van der Waals surface area contributed by atoms with E-state index in [2.05, 4.69) is 12.2 Å². The van der Waals surface area contributed by atoms with E-state index in [1.807, 2.05) is 0 Å². The van der Waals surface area contributed by atoms with Gasteiger partial charge in [-0.15, -0.1) is 0 Å². The van der Waals surface area contributed by atoms with Gasteiger partial charge in [0.1, 0.15) is 0 Å². The van der Waals surface area contributed by atoms with Gasteiger partial charge < -0.3 is 16.2 Å². The number of aliphatic hydroxyl groups is 1. The lowest BCUT2D eigenvalue weighted by Gasteiger charge is -2.38. The first-order valence-corrected chi connectivity index (χ1v) is 7.19. The molecule has 2 fully saturated rings. The zero-order valence-corrected chi connectivity index (χ0v) is 11.4. The van der Waals surface area contributed by atoms with E-state index in [9.17, 15) is 9.90 Å². The van der Waals surface area contributed by atoms with E-state index in [4.69, 9.17) is 5.73 Å². The monoisotopic (exact) mass is 254 g/mol. The summed E-state index contributed by atoms with van der Waals surface area (Å²) in [4.78, 5) is 11.8. The van der Waals surface area contributed by atoms with Crippen molar-refractivity contribution in [3.05, 3.63) is 0 Å². The molecule has 0 heterocycles. The fourth-order valence-corrected chi connectivity index (χ4v) is 2.93. The van der Waals surface area contributed by atoms with Gasteiger partial charge in [0.2, 0.25) is 5.91 Å². The Kier molecular flexibility index (Phi) is 3.97. The summed E-state index contributed by atoms with van der Waals surface area (Å²) >= 11 is 0. The molecule has 0 aromatic rings. The van der Waals surface area contributed by atoms with Crippen LogP contribution >= 0.6 is 0 Å². The van der Waals surface area contributed by atoms with Crippen LogP contribution in [0.2, 0.25) is 0 Å². The predicted octanol–water partition coefficient (Wildman–Crippen LogP) is 1.32. The number of carbonyl (C=O) groups is 1. The molecule has 0 atom stereocenters. The smallest absolute Gasteiger partial charge is 0.221 e. The minimum Gasteiger partial charge on any atom is -0.388 e. The topological polar surface area (TPSA) is 75.3 Å². The van der Waals surface area contributed by atoms with Gasteiger partial charge in [0.15, 0.2) is 0 Å². The van der Waals surface area contributed by atoms with Gasteiger partial charge in [0.05, 0.1) is 5.60 Å². The number of hydrogen-bond donors (Lipinski definition) is 3. The number of nitrogens with two attached hydrogens (primary N) is 1. The van der Waals surface area contributed by atoms with Crippen molar-refractivity contribution >= 4 is 5.91 Å². The average Bonchev–Trinajstić information content (AvgIpc) is 2.29. The highest BCUT2D eigenvalue weighted by Gasteiger charge is 2.36. The summed E-state index contributed by atoms with van der Waals surface area (Å²) in [6, 6.07) is 0. The van der Waals surface area contributed by atoms with Crippen molar-refractivity contribution in [3.63, 3.8) is 0 Å². The number of nitrogens with one attached hydrogen (secondary N) is 1. The maximum Gasteiger partial charge on any atom is 0.221 e. The number of hydrogen-bond acceptors (Lipinski definition) is 3. The normalized spacial score (nSPS) is 34.7. The lowest BCUT2D eigenvalue weighted by Crippen LogP contribution is -2.52. The fraction of sp³-hybridized carbons (Fsp3) is 0.929. The van der Waals surface area contributed by atoms with Crippen molar-refractivity contribution in [1.82, 2.24) is 5.32 Å². The molecule has 4 nitrogen and oxygen atoms in total. The van der Waals surface area contributed by atoms with Crippen LogP contribution in [-0.2, 0) is 4.79 Å². The minimum atomic E-state index is -0.691. The molecule has 0 saturated heterocycles. The second-order valence-electron chi connectivity index (χ2n) is 6.58. The second-order valence-corrected chi connectivity index (χ2v) is 6.58. The maximum atomic E-state index is 11.8. The summed E-state index contributed by atoms with van der Waals surface area (Å²) in [5.74, 6) is 0.688. The van der Waals surface area contributed by atoms with E-state index >= 15 is 0 Å². The lowest BCUT2D eigenvalue weighted by molar-refractivity contribution is -0.124. The summed E-state index contributed by atoms with van der Waals surface area (Å²) in [7, 11) is 0. The molecule has 1 amide bonds. The van der Waals surface area contributed by atoms with Crippen molar-refractivity contribution in [1.29, 1.82) is 0 Å². The molecule has 0 aromatic heterocycles. The molecule has 2 saturated carbocycles. The lowest BCUT2D eigenvalue weighted by atomic mass is 9.75. The third kappa shape index (κ3) is 3.45. The number of amides is 1. The van der Waals surface area contributed by atoms with Crippen LogP contribution in [0, 0.1) is 5.92 Å². The Morgan fingerprint density at radius 3 is 2.44 bits per heavy atom. The zero-order valence-electron chi connectivity index (χ0n) is 11.4. The first kappa shape index (κ1) is 13.8. The van der Waals surface area contributed by atoms with Crippen LogP contribution in [-0.4, -0.2) is 28.7 Å². The maximum absolute atomic E-state index is 11.8. The van der Waals surface area contributed by atoms with Crippen LogP contribution in [0.3, 0.4) is 0 Å². The molecular formula is C14H26N2O2. The highest BCUT2D eigenvalue weighted by atomic mass is 16.3. The van der Waals surface area contributed by atoms with Crippen molar-refractivity contribution in [2.75, 3.05) is 6.54 Å². The van der Waals surface area contributed by atoms with E-state index in [1.54, 1.807) is 0 Å². The Balaban J connectivity index is 1.72. The summed E-state index contributed by atoms with van der Waals surface area (Å²) in [5.41, 5.74) is 5.08. The molecule has 18 heavy (non-hydrogen) atoms. The molecule has 4 N–H and O–H groups in total. The molecule has 0 unspecified atom stereocenters. The predicted molar refractivity (Wildman–Crippen MR) is 71.0 cm³/mol. The Bertz CT molecular complexity index is 305. The SMILES string of the molecule is CC1CCC(O)(CNC(=O)CC2(N)CCC2)CC1. The van der Waals surface area contributed by atoms with E-state index in [0.29, 0.717) is 18.9 Å². The molecule has 0 radical (unpaired) electrons. The Morgan fingerprint density at radius 1 is 1.33 bits per heavy atom. The van der Waals surface area contributed by atoms with Gasteiger partial charge in [0, 0.05) is 18.5 Å². The fourth-order valence-electron chi connectivity index (χ4n) is 2.93. The molecule has 0 aliphatic heterocycles. The Hall–Kier alpha value is -0.610. The standard InChI is InChI=1S/C14H26N2O2/c1-11-3-7-14(18,8-4-11)10-16-12(17)9-13(15)5-2-6-13/h11,18H,2-10,15H2,1H3,(H,16,17). The molecule has 2 aliphatic rings. The molecule has 0 aromatic carbocycles. The van der Waals surface area contributed by atoms with Crippen LogP contribution in [0.25, 0.3) is 0 Å². The van der Waals surface area contributed by atoms with Crippen molar-refractivity contribution in [2.45, 2.75) is 69.4 Å². The number of carbonyl (C=O) groups excluding carboxylic acids is 1. The molecule has 4 heteroatoms. The van der Waals surface area contributed by atoms with E-state index in [1.165, 1.54) is 0 Å². The Morgan fingerprint density at radius 2 is 1.94 bits per heavy atom. The summed E-state index contributed by atoms with van der Waals surface area (Å²) in [6.07, 6.45) is 7.11. The first-order chi connectivity index (χ1) is 8.41. The van der Waals surface area contributed by atoms with Crippen LogP contribution in [0.15, 0.2) is 0 Å². The van der Waals surface area contributed by atoms with Crippen molar-refractivity contribution in [3.8, 4) is 0 Å². The summed E-state index contributed by atoms with van der Waals surface area (Å²) in [6.45, 7) is 2.60. The van der Waals surface area contributed by atoms with Gasteiger partial charge >= 0.3 is 0 Å². The van der Waals surface area contributed by atoms with Crippen LogP contribution < -0.4 is 11.1 Å². The quantitative estimate of drug-likeness (QED) is 0.708. The van der Waals surface area contributed by atoms with E-state index in [0.717, 1.165) is 44.9 Å². The highest BCUT2D eigenvalue weighted by molar-refractivity contribution is 5.77. The molecule has 2 aliphatic carbocycles. The van der Waals surface area contributed by atoms with Crippen LogP contribution in [0.1, 0.15) is 58.3 Å².